The maximum atomic E-state index is 11.4. The van der Waals surface area contributed by atoms with Crippen molar-refractivity contribution in [2.45, 2.75) is 6.54 Å². The number of aromatic nitrogens is 2. The van der Waals surface area contributed by atoms with E-state index >= 15 is 0 Å². The number of hydrogen-bond acceptors (Lipinski definition) is 3. The molecule has 2 N–H and O–H groups in total. The summed E-state index contributed by atoms with van der Waals surface area (Å²) in [6.45, 7) is 1.24. The minimum atomic E-state index is -0.0872. The number of rotatable bonds is 3. The van der Waals surface area contributed by atoms with Crippen LogP contribution in [-0.4, -0.2) is 41.0 Å². The van der Waals surface area contributed by atoms with Crippen LogP contribution in [0.1, 0.15) is 10.5 Å². The normalized spacial score (nSPS) is 10.1. The minimum Gasteiger partial charge on any atom is -0.343 e. The predicted molar refractivity (Wildman–Crippen MR) is 49.3 cm³/mol. The molecule has 0 spiro atoms. The third-order valence-corrected chi connectivity index (χ3v) is 1.65. The van der Waals surface area contributed by atoms with E-state index in [0.717, 1.165) is 0 Å². The van der Waals surface area contributed by atoms with Gasteiger partial charge in [0.25, 0.3) is 5.91 Å². The van der Waals surface area contributed by atoms with Gasteiger partial charge in [-0.05, 0) is 0 Å². The average Bonchev–Trinajstić information content (AvgIpc) is 2.52. The Bertz CT molecular complexity index is 292. The van der Waals surface area contributed by atoms with Crippen molar-refractivity contribution in [2.75, 3.05) is 20.6 Å². The van der Waals surface area contributed by atoms with Crippen LogP contribution in [0.3, 0.4) is 0 Å². The quantitative estimate of drug-likeness (QED) is 0.688. The number of amides is 1. The van der Waals surface area contributed by atoms with Crippen LogP contribution in [0.15, 0.2) is 12.5 Å². The third-order valence-electron chi connectivity index (χ3n) is 1.65. The van der Waals surface area contributed by atoms with E-state index in [1.807, 2.05) is 0 Å². The highest BCUT2D eigenvalue weighted by atomic mass is 16.2. The number of carbonyl (C=O) groups excluding carboxylic acids is 1. The Labute approximate surface area is 77.2 Å². The van der Waals surface area contributed by atoms with Gasteiger partial charge in [-0.15, -0.1) is 0 Å². The zero-order valence-corrected chi connectivity index (χ0v) is 7.90. The van der Waals surface area contributed by atoms with Gasteiger partial charge in [-0.1, -0.05) is 0 Å². The molecular weight excluding hydrogens is 168 g/mol. The lowest BCUT2D eigenvalue weighted by atomic mass is 10.4. The van der Waals surface area contributed by atoms with Crippen LogP contribution >= 0.6 is 0 Å². The van der Waals surface area contributed by atoms with Crippen LogP contribution in [0.5, 0.6) is 0 Å². The zero-order valence-electron chi connectivity index (χ0n) is 7.90. The molecule has 0 unspecified atom stereocenters. The molecular formula is C8H14N4O. The van der Waals surface area contributed by atoms with Crippen molar-refractivity contribution in [1.29, 1.82) is 0 Å². The molecule has 1 aromatic rings. The van der Waals surface area contributed by atoms with E-state index in [0.29, 0.717) is 18.8 Å². The highest BCUT2D eigenvalue weighted by molar-refractivity contribution is 5.91. The molecule has 5 nitrogen and oxygen atoms in total. The molecule has 0 aliphatic rings. The van der Waals surface area contributed by atoms with Crippen LogP contribution in [0.25, 0.3) is 0 Å². The summed E-state index contributed by atoms with van der Waals surface area (Å²) < 4.78 is 1.80. The Kier molecular flexibility index (Phi) is 3.02. The summed E-state index contributed by atoms with van der Waals surface area (Å²) in [5.74, 6) is -0.0872. The molecule has 0 aromatic carbocycles. The van der Waals surface area contributed by atoms with E-state index in [1.54, 1.807) is 31.2 Å². The Morgan fingerprint density at radius 1 is 1.69 bits per heavy atom. The summed E-state index contributed by atoms with van der Waals surface area (Å²) in [4.78, 5) is 16.8. The maximum Gasteiger partial charge on any atom is 0.273 e. The molecule has 0 bridgehead atoms. The van der Waals surface area contributed by atoms with Crippen molar-refractivity contribution < 1.29 is 4.79 Å². The lowest BCUT2D eigenvalue weighted by Crippen LogP contribution is -2.22. The standard InChI is InChI=1S/C8H14N4O/c1-11(2)8(13)7-5-12(4-3-9)6-10-7/h5-6H,3-4,9H2,1-2H3. The highest BCUT2D eigenvalue weighted by Gasteiger charge is 2.10. The first-order valence-corrected chi connectivity index (χ1v) is 4.08. The Morgan fingerprint density at radius 3 is 2.92 bits per heavy atom. The fourth-order valence-electron chi connectivity index (χ4n) is 0.971. The van der Waals surface area contributed by atoms with Crippen molar-refractivity contribution in [1.82, 2.24) is 14.5 Å². The van der Waals surface area contributed by atoms with Gasteiger partial charge < -0.3 is 15.2 Å². The van der Waals surface area contributed by atoms with E-state index in [-0.39, 0.29) is 5.91 Å². The Balaban J connectivity index is 2.73. The van der Waals surface area contributed by atoms with Crippen molar-refractivity contribution in [3.05, 3.63) is 18.2 Å². The van der Waals surface area contributed by atoms with Crippen LogP contribution in [0.4, 0.5) is 0 Å². The highest BCUT2D eigenvalue weighted by Crippen LogP contribution is 1.98. The van der Waals surface area contributed by atoms with E-state index in [1.165, 1.54) is 4.90 Å². The van der Waals surface area contributed by atoms with Gasteiger partial charge >= 0.3 is 0 Å². The average molecular weight is 182 g/mol. The van der Waals surface area contributed by atoms with Crippen molar-refractivity contribution in [3.63, 3.8) is 0 Å². The molecule has 1 rings (SSSR count). The molecule has 0 saturated heterocycles. The molecule has 72 valence electrons. The third kappa shape index (κ3) is 2.29. The SMILES string of the molecule is CN(C)C(=O)c1cn(CCN)cn1. The molecule has 1 heterocycles. The van der Waals surface area contributed by atoms with Crippen molar-refractivity contribution in [2.24, 2.45) is 5.73 Å². The fourth-order valence-corrected chi connectivity index (χ4v) is 0.971. The second-order valence-corrected chi connectivity index (χ2v) is 2.98. The molecule has 13 heavy (non-hydrogen) atoms. The van der Waals surface area contributed by atoms with E-state index < -0.39 is 0 Å². The molecule has 1 aromatic heterocycles. The van der Waals surface area contributed by atoms with Crippen molar-refractivity contribution >= 4 is 5.91 Å². The van der Waals surface area contributed by atoms with Gasteiger partial charge in [-0.2, -0.15) is 0 Å². The number of imidazole rings is 1. The lowest BCUT2D eigenvalue weighted by Gasteiger charge is -2.06. The Morgan fingerprint density at radius 2 is 2.38 bits per heavy atom. The Hall–Kier alpha value is -1.36. The van der Waals surface area contributed by atoms with E-state index in [4.69, 9.17) is 5.73 Å². The molecule has 0 aliphatic carbocycles. The largest absolute Gasteiger partial charge is 0.343 e. The molecule has 0 fully saturated rings. The smallest absolute Gasteiger partial charge is 0.273 e. The number of carbonyl (C=O) groups is 1. The van der Waals surface area contributed by atoms with Gasteiger partial charge in [0, 0.05) is 33.4 Å². The monoisotopic (exact) mass is 182 g/mol. The maximum absolute atomic E-state index is 11.4. The topological polar surface area (TPSA) is 64.2 Å². The van der Waals surface area contributed by atoms with E-state index in [2.05, 4.69) is 4.98 Å². The molecule has 5 heteroatoms. The summed E-state index contributed by atoms with van der Waals surface area (Å²) in [7, 11) is 3.40. The molecule has 1 amide bonds. The molecule has 0 radical (unpaired) electrons. The van der Waals surface area contributed by atoms with Crippen molar-refractivity contribution in [3.8, 4) is 0 Å². The first-order chi connectivity index (χ1) is 6.15. The first-order valence-electron chi connectivity index (χ1n) is 4.08. The number of hydrogen-bond donors (Lipinski definition) is 1. The summed E-state index contributed by atoms with van der Waals surface area (Å²) >= 11 is 0. The van der Waals surface area contributed by atoms with Gasteiger partial charge in [0.1, 0.15) is 5.69 Å². The van der Waals surface area contributed by atoms with Gasteiger partial charge in [0.15, 0.2) is 0 Å². The van der Waals surface area contributed by atoms with Gasteiger partial charge in [-0.3, -0.25) is 4.79 Å². The van der Waals surface area contributed by atoms with E-state index in [9.17, 15) is 4.79 Å². The second kappa shape index (κ2) is 4.04. The van der Waals surface area contributed by atoms with Crippen LogP contribution in [-0.2, 0) is 6.54 Å². The first kappa shape index (κ1) is 9.73. The number of nitrogens with zero attached hydrogens (tertiary/aromatic N) is 3. The predicted octanol–water partition coefficient (Wildman–Crippen LogP) is -0.456. The molecule has 0 saturated carbocycles. The minimum absolute atomic E-state index is 0.0872. The zero-order chi connectivity index (χ0) is 9.84. The van der Waals surface area contributed by atoms with Gasteiger partial charge in [0.2, 0.25) is 0 Å². The summed E-state index contributed by atoms with van der Waals surface area (Å²) in [5.41, 5.74) is 5.82. The summed E-state index contributed by atoms with van der Waals surface area (Å²) in [5, 5.41) is 0. The number of nitrogens with two attached hydrogens (primary N) is 1. The van der Waals surface area contributed by atoms with Crippen LogP contribution in [0, 0.1) is 0 Å². The lowest BCUT2D eigenvalue weighted by molar-refractivity contribution is 0.0822. The summed E-state index contributed by atoms with van der Waals surface area (Å²) in [6.07, 6.45) is 3.32. The molecule has 0 atom stereocenters. The summed E-state index contributed by atoms with van der Waals surface area (Å²) in [6, 6.07) is 0. The van der Waals surface area contributed by atoms with Crippen LogP contribution in [0.2, 0.25) is 0 Å². The van der Waals surface area contributed by atoms with Crippen LogP contribution < -0.4 is 5.73 Å². The second-order valence-electron chi connectivity index (χ2n) is 2.98. The molecule has 0 aliphatic heterocycles. The van der Waals surface area contributed by atoms with Gasteiger partial charge in [0.05, 0.1) is 6.33 Å². The van der Waals surface area contributed by atoms with Gasteiger partial charge in [-0.25, -0.2) is 4.98 Å². The fraction of sp³-hybridized carbons (Fsp3) is 0.500.